The highest BCUT2D eigenvalue weighted by atomic mass is 35.5. The number of halogens is 1. The van der Waals surface area contributed by atoms with Gasteiger partial charge < -0.3 is 19.9 Å². The Labute approximate surface area is 154 Å². The fraction of sp³-hybridized carbons (Fsp3) is 0.556. The highest BCUT2D eigenvalue weighted by molar-refractivity contribution is 5.94. The normalized spacial score (nSPS) is 19.9. The Hall–Kier alpha value is -1.63. The van der Waals surface area contributed by atoms with E-state index in [2.05, 4.69) is 5.32 Å². The molecule has 2 aliphatic rings. The van der Waals surface area contributed by atoms with Gasteiger partial charge in [-0.1, -0.05) is 18.2 Å². The topological polar surface area (TPSA) is 61.9 Å². The molecule has 2 aliphatic heterocycles. The van der Waals surface area contributed by atoms with Crippen LogP contribution in [0.5, 0.6) is 0 Å². The number of nitrogens with zero attached hydrogens (tertiary/aromatic N) is 2. The van der Waals surface area contributed by atoms with Crippen molar-refractivity contribution in [1.29, 1.82) is 0 Å². The molecule has 0 aliphatic carbocycles. The fourth-order valence-electron chi connectivity index (χ4n) is 3.50. The lowest BCUT2D eigenvalue weighted by Crippen LogP contribution is -2.59. The number of rotatable bonds is 3. The molecule has 0 aromatic heterocycles. The molecule has 2 fully saturated rings. The maximum atomic E-state index is 12.9. The number of methoxy groups -OCH3 is 1. The summed E-state index contributed by atoms with van der Waals surface area (Å²) in [5.41, 5.74) is 0.000581. The minimum Gasteiger partial charge on any atom is -0.368 e. The Bertz CT molecular complexity index is 582. The molecule has 2 heterocycles. The van der Waals surface area contributed by atoms with E-state index in [4.69, 9.17) is 4.74 Å². The van der Waals surface area contributed by atoms with E-state index >= 15 is 0 Å². The van der Waals surface area contributed by atoms with Gasteiger partial charge in [-0.2, -0.15) is 0 Å². The predicted octanol–water partition coefficient (Wildman–Crippen LogP) is 1.16. The Morgan fingerprint density at radius 1 is 1.00 bits per heavy atom. The zero-order valence-electron chi connectivity index (χ0n) is 14.6. The third-order valence-electron chi connectivity index (χ3n) is 5.07. The van der Waals surface area contributed by atoms with Gasteiger partial charge in [0.05, 0.1) is 0 Å². The Balaban J connectivity index is 0.00000225. The van der Waals surface area contributed by atoms with Crippen LogP contribution in [-0.2, 0) is 9.53 Å². The van der Waals surface area contributed by atoms with Gasteiger partial charge in [-0.05, 0) is 38.1 Å². The molecule has 0 spiro atoms. The monoisotopic (exact) mass is 367 g/mol. The number of ether oxygens (including phenoxy) is 1. The van der Waals surface area contributed by atoms with E-state index in [0.717, 1.165) is 13.1 Å². The second-order valence-corrected chi connectivity index (χ2v) is 6.40. The molecule has 2 amide bonds. The smallest absolute Gasteiger partial charge is 0.255 e. The van der Waals surface area contributed by atoms with Gasteiger partial charge in [0, 0.05) is 38.9 Å². The summed E-state index contributed by atoms with van der Waals surface area (Å²) in [4.78, 5) is 29.1. The Kier molecular flexibility index (Phi) is 6.81. The highest BCUT2D eigenvalue weighted by Crippen LogP contribution is 2.26. The molecule has 0 saturated carbocycles. The average molecular weight is 368 g/mol. The molecule has 2 saturated heterocycles. The second kappa shape index (κ2) is 8.65. The minimum absolute atomic E-state index is 0. The molecular formula is C18H26ClN3O3. The largest absolute Gasteiger partial charge is 0.368 e. The molecule has 0 radical (unpaired) electrons. The zero-order chi connectivity index (χ0) is 17.0. The van der Waals surface area contributed by atoms with Crippen molar-refractivity contribution in [3.8, 4) is 0 Å². The first-order chi connectivity index (χ1) is 11.7. The molecule has 6 nitrogen and oxygen atoms in total. The van der Waals surface area contributed by atoms with Crippen molar-refractivity contribution in [3.05, 3.63) is 35.9 Å². The number of piperazine rings is 1. The van der Waals surface area contributed by atoms with Crippen LogP contribution in [0.15, 0.2) is 30.3 Å². The van der Waals surface area contributed by atoms with Gasteiger partial charge in [0.25, 0.3) is 11.8 Å². The maximum absolute atomic E-state index is 12.9. The summed E-state index contributed by atoms with van der Waals surface area (Å²) in [6, 6.07) is 9.29. The van der Waals surface area contributed by atoms with Crippen molar-refractivity contribution >= 4 is 24.2 Å². The van der Waals surface area contributed by atoms with Crippen LogP contribution in [0.2, 0.25) is 0 Å². The lowest BCUT2D eigenvalue weighted by atomic mass is 9.90. The van der Waals surface area contributed by atoms with Crippen LogP contribution in [0.4, 0.5) is 0 Å². The molecule has 0 unspecified atom stereocenters. The van der Waals surface area contributed by atoms with E-state index in [1.165, 1.54) is 0 Å². The molecule has 0 atom stereocenters. The van der Waals surface area contributed by atoms with Gasteiger partial charge in [0.15, 0.2) is 0 Å². The lowest BCUT2D eigenvalue weighted by Gasteiger charge is -2.42. The molecule has 1 N–H and O–H groups in total. The predicted molar refractivity (Wildman–Crippen MR) is 98.0 cm³/mol. The van der Waals surface area contributed by atoms with Crippen molar-refractivity contribution in [1.82, 2.24) is 15.1 Å². The van der Waals surface area contributed by atoms with Gasteiger partial charge >= 0.3 is 0 Å². The van der Waals surface area contributed by atoms with Crippen LogP contribution in [0.3, 0.4) is 0 Å². The summed E-state index contributed by atoms with van der Waals surface area (Å²) in [6.45, 7) is 3.86. The van der Waals surface area contributed by atoms with Crippen LogP contribution >= 0.6 is 12.4 Å². The Morgan fingerprint density at radius 2 is 1.56 bits per heavy atom. The fourth-order valence-corrected chi connectivity index (χ4v) is 3.50. The summed E-state index contributed by atoms with van der Waals surface area (Å²) in [7, 11) is 1.62. The quantitative estimate of drug-likeness (QED) is 0.871. The van der Waals surface area contributed by atoms with E-state index in [1.807, 2.05) is 40.1 Å². The minimum atomic E-state index is -0.698. The lowest BCUT2D eigenvalue weighted by molar-refractivity contribution is -0.159. The maximum Gasteiger partial charge on any atom is 0.255 e. The molecule has 0 bridgehead atoms. The van der Waals surface area contributed by atoms with Crippen LogP contribution in [0.1, 0.15) is 23.2 Å². The first-order valence-corrected chi connectivity index (χ1v) is 8.56. The summed E-state index contributed by atoms with van der Waals surface area (Å²) < 4.78 is 5.63. The van der Waals surface area contributed by atoms with Crippen LogP contribution < -0.4 is 5.32 Å². The second-order valence-electron chi connectivity index (χ2n) is 6.40. The first-order valence-electron chi connectivity index (χ1n) is 8.56. The van der Waals surface area contributed by atoms with E-state index in [-0.39, 0.29) is 24.2 Å². The first kappa shape index (κ1) is 19.7. The molecule has 7 heteroatoms. The SMILES string of the molecule is COC1(C(=O)N2CCN(C(=O)c3ccccc3)CC2)CCNCC1.Cl. The number of benzene rings is 1. The molecule has 1 aromatic rings. The third kappa shape index (κ3) is 4.14. The number of hydrogen-bond acceptors (Lipinski definition) is 4. The number of piperidine rings is 1. The van der Waals surface area contributed by atoms with E-state index in [9.17, 15) is 9.59 Å². The summed E-state index contributed by atoms with van der Waals surface area (Å²) in [6.07, 6.45) is 1.40. The van der Waals surface area contributed by atoms with Crippen molar-refractivity contribution in [2.75, 3.05) is 46.4 Å². The van der Waals surface area contributed by atoms with Gasteiger partial charge in [0.1, 0.15) is 5.60 Å². The van der Waals surface area contributed by atoms with Crippen LogP contribution in [0.25, 0.3) is 0 Å². The summed E-state index contributed by atoms with van der Waals surface area (Å²) in [5, 5.41) is 3.27. The van der Waals surface area contributed by atoms with Crippen molar-refractivity contribution in [2.45, 2.75) is 18.4 Å². The standard InChI is InChI=1S/C18H25N3O3.ClH/c1-24-18(7-9-19-10-8-18)17(23)21-13-11-20(12-14-21)16(22)15-5-3-2-4-6-15;/h2-6,19H,7-14H2,1H3;1H. The summed E-state index contributed by atoms with van der Waals surface area (Å²) >= 11 is 0. The number of amides is 2. The van der Waals surface area contributed by atoms with E-state index in [0.29, 0.717) is 44.6 Å². The molecule has 3 rings (SSSR count). The van der Waals surface area contributed by atoms with Crippen molar-refractivity contribution in [3.63, 3.8) is 0 Å². The van der Waals surface area contributed by atoms with E-state index < -0.39 is 5.60 Å². The van der Waals surface area contributed by atoms with Crippen molar-refractivity contribution in [2.24, 2.45) is 0 Å². The number of carbonyl (C=O) groups is 2. The summed E-state index contributed by atoms with van der Waals surface area (Å²) in [5.74, 6) is 0.101. The number of hydrogen-bond donors (Lipinski definition) is 1. The van der Waals surface area contributed by atoms with Crippen LogP contribution in [-0.4, -0.2) is 73.6 Å². The number of nitrogens with one attached hydrogen (secondary N) is 1. The third-order valence-corrected chi connectivity index (χ3v) is 5.07. The van der Waals surface area contributed by atoms with Gasteiger partial charge in [-0.3, -0.25) is 9.59 Å². The van der Waals surface area contributed by atoms with Gasteiger partial charge in [-0.15, -0.1) is 12.4 Å². The van der Waals surface area contributed by atoms with Crippen LogP contribution in [0, 0.1) is 0 Å². The molecule has 1 aromatic carbocycles. The average Bonchev–Trinajstić information content (AvgIpc) is 2.68. The highest BCUT2D eigenvalue weighted by Gasteiger charge is 2.43. The molecule has 25 heavy (non-hydrogen) atoms. The number of carbonyl (C=O) groups excluding carboxylic acids is 2. The van der Waals surface area contributed by atoms with Crippen molar-refractivity contribution < 1.29 is 14.3 Å². The van der Waals surface area contributed by atoms with Gasteiger partial charge in [0.2, 0.25) is 0 Å². The molecular weight excluding hydrogens is 342 g/mol. The molecule has 138 valence electrons. The zero-order valence-corrected chi connectivity index (χ0v) is 15.4. The Morgan fingerprint density at radius 3 is 2.12 bits per heavy atom. The van der Waals surface area contributed by atoms with Gasteiger partial charge in [-0.25, -0.2) is 0 Å². The van der Waals surface area contributed by atoms with E-state index in [1.54, 1.807) is 7.11 Å².